The fourth-order valence-electron chi connectivity index (χ4n) is 4.98. The van der Waals surface area contributed by atoms with E-state index in [2.05, 4.69) is 138 Å². The number of rotatable bonds is 5. The maximum atomic E-state index is 4.00. The van der Waals surface area contributed by atoms with E-state index in [-0.39, 0.29) is 6.04 Å². The Morgan fingerprint density at radius 1 is 0.545 bits per heavy atom. The lowest BCUT2D eigenvalue weighted by Crippen LogP contribution is -2.66. The van der Waals surface area contributed by atoms with Gasteiger partial charge in [0, 0.05) is 0 Å². The summed E-state index contributed by atoms with van der Waals surface area (Å²) in [5, 5.41) is 4.01. The van der Waals surface area contributed by atoms with Crippen molar-refractivity contribution in [1.29, 1.82) is 0 Å². The Balaban J connectivity index is 1.74. The molecule has 1 aliphatic heterocycles. The zero-order valence-corrected chi connectivity index (χ0v) is 19.9. The molecule has 1 atom stereocenters. The van der Waals surface area contributed by atoms with Gasteiger partial charge in [-0.2, -0.15) is 0 Å². The third kappa shape index (κ3) is 4.43. The van der Waals surface area contributed by atoms with Crippen LogP contribution in [0.3, 0.4) is 0 Å². The molecule has 0 radical (unpaired) electrons. The molecule has 1 heterocycles. The fourth-order valence-corrected chi connectivity index (χ4v) is 8.84. The topological polar surface area (TPSA) is 3.24 Å². The lowest BCUT2D eigenvalue weighted by Gasteiger charge is -2.29. The third-order valence-electron chi connectivity index (χ3n) is 6.64. The van der Waals surface area contributed by atoms with Crippen LogP contribution in [0, 0.1) is 11.5 Å². The summed E-state index contributed by atoms with van der Waals surface area (Å²) in [4.78, 5) is 2.56. The summed E-state index contributed by atoms with van der Waals surface area (Å²) in [6, 6.07) is 43.8. The van der Waals surface area contributed by atoms with Crippen LogP contribution in [0.1, 0.15) is 24.4 Å². The molecule has 1 unspecified atom stereocenters. The van der Waals surface area contributed by atoms with Gasteiger partial charge in [-0.3, -0.25) is 4.90 Å². The molecule has 0 aromatic heterocycles. The zero-order valence-electron chi connectivity index (χ0n) is 18.9. The number of benzene rings is 4. The van der Waals surface area contributed by atoms with Crippen molar-refractivity contribution in [2.75, 3.05) is 13.1 Å². The van der Waals surface area contributed by atoms with Gasteiger partial charge in [0.2, 0.25) is 8.07 Å². The molecule has 0 saturated carbocycles. The van der Waals surface area contributed by atoms with E-state index in [1.807, 2.05) is 0 Å². The van der Waals surface area contributed by atoms with Crippen molar-refractivity contribution in [2.24, 2.45) is 0 Å². The first kappa shape index (κ1) is 21.5. The van der Waals surface area contributed by atoms with Gasteiger partial charge < -0.3 is 0 Å². The highest BCUT2D eigenvalue weighted by molar-refractivity contribution is 7.16. The Labute approximate surface area is 198 Å². The van der Waals surface area contributed by atoms with Gasteiger partial charge in [-0.15, -0.1) is 5.54 Å². The monoisotopic (exact) mass is 443 g/mol. The predicted octanol–water partition coefficient (Wildman–Crippen LogP) is 4.54. The molecule has 1 saturated heterocycles. The van der Waals surface area contributed by atoms with E-state index in [1.165, 1.54) is 34.0 Å². The lowest BCUT2D eigenvalue weighted by molar-refractivity contribution is 0.296. The molecule has 5 rings (SSSR count). The molecule has 2 heteroatoms. The SMILES string of the molecule is C(#C[Si](c1ccccc1)(c1ccccc1)c1ccccc1)C(c1ccccc1)N1CCCC1. The van der Waals surface area contributed by atoms with Gasteiger partial charge in [-0.05, 0) is 47.1 Å². The fraction of sp³-hybridized carbons (Fsp3) is 0.161. The first-order valence-corrected chi connectivity index (χ1v) is 13.9. The molecule has 0 bridgehead atoms. The smallest absolute Gasteiger partial charge is 0.229 e. The molecule has 0 amide bonds. The molecule has 162 valence electrons. The number of nitrogens with zero attached hydrogens (tertiary/aromatic N) is 1. The summed E-state index contributed by atoms with van der Waals surface area (Å²) in [6.07, 6.45) is 2.51. The normalized spacial score (nSPS) is 14.9. The minimum absolute atomic E-state index is 0.122. The summed E-state index contributed by atoms with van der Waals surface area (Å²) < 4.78 is 0. The van der Waals surface area contributed by atoms with E-state index in [0.717, 1.165) is 13.1 Å². The van der Waals surface area contributed by atoms with Crippen LogP contribution in [0.15, 0.2) is 121 Å². The summed E-state index contributed by atoms with van der Waals surface area (Å²) in [6.45, 7) is 2.23. The summed E-state index contributed by atoms with van der Waals surface area (Å²) >= 11 is 0. The summed E-state index contributed by atoms with van der Waals surface area (Å²) in [7, 11) is -2.56. The van der Waals surface area contributed by atoms with E-state index in [0.29, 0.717) is 0 Å². The summed E-state index contributed by atoms with van der Waals surface area (Å²) in [5.41, 5.74) is 5.30. The molecule has 0 spiro atoms. The van der Waals surface area contributed by atoms with Crippen molar-refractivity contribution in [1.82, 2.24) is 4.90 Å². The van der Waals surface area contributed by atoms with Crippen molar-refractivity contribution in [3.63, 3.8) is 0 Å². The number of likely N-dealkylation sites (tertiary alicyclic amines) is 1. The largest absolute Gasteiger partial charge is 0.286 e. The van der Waals surface area contributed by atoms with E-state index < -0.39 is 8.07 Å². The Kier molecular flexibility index (Phi) is 6.53. The van der Waals surface area contributed by atoms with Gasteiger partial charge in [-0.1, -0.05) is 127 Å². The molecular formula is C31H29NSi. The van der Waals surface area contributed by atoms with E-state index in [1.54, 1.807) is 0 Å². The van der Waals surface area contributed by atoms with E-state index >= 15 is 0 Å². The van der Waals surface area contributed by atoms with Gasteiger partial charge in [0.05, 0.1) is 6.04 Å². The van der Waals surface area contributed by atoms with Crippen LogP contribution < -0.4 is 15.6 Å². The van der Waals surface area contributed by atoms with Gasteiger partial charge >= 0.3 is 0 Å². The van der Waals surface area contributed by atoms with Crippen molar-refractivity contribution < 1.29 is 0 Å². The molecule has 1 aliphatic rings. The van der Waals surface area contributed by atoms with Crippen molar-refractivity contribution in [2.45, 2.75) is 18.9 Å². The van der Waals surface area contributed by atoms with Crippen LogP contribution in [0.25, 0.3) is 0 Å². The van der Waals surface area contributed by atoms with Gasteiger partial charge in [0.25, 0.3) is 0 Å². The van der Waals surface area contributed by atoms with Gasteiger partial charge in [-0.25, -0.2) is 0 Å². The van der Waals surface area contributed by atoms with E-state index in [4.69, 9.17) is 0 Å². The lowest BCUT2D eigenvalue weighted by atomic mass is 10.1. The Bertz CT molecular complexity index is 1110. The Hall–Kier alpha value is -3.38. The molecule has 4 aromatic carbocycles. The minimum atomic E-state index is -2.56. The molecule has 0 N–H and O–H groups in total. The number of hydrogen-bond donors (Lipinski definition) is 0. The van der Waals surface area contributed by atoms with Crippen LogP contribution in [-0.4, -0.2) is 26.1 Å². The quantitative estimate of drug-likeness (QED) is 0.249. The minimum Gasteiger partial charge on any atom is -0.286 e. The molecule has 33 heavy (non-hydrogen) atoms. The molecule has 4 aromatic rings. The van der Waals surface area contributed by atoms with Crippen molar-refractivity contribution in [3.8, 4) is 11.5 Å². The Morgan fingerprint density at radius 2 is 0.939 bits per heavy atom. The number of hydrogen-bond acceptors (Lipinski definition) is 1. The maximum Gasteiger partial charge on any atom is 0.229 e. The van der Waals surface area contributed by atoms with Crippen molar-refractivity contribution in [3.05, 3.63) is 127 Å². The highest BCUT2D eigenvalue weighted by Crippen LogP contribution is 2.24. The second-order valence-electron chi connectivity index (χ2n) is 8.67. The van der Waals surface area contributed by atoms with Crippen LogP contribution in [0.2, 0.25) is 0 Å². The average molecular weight is 444 g/mol. The second-order valence-corrected chi connectivity index (χ2v) is 12.2. The molecular weight excluding hydrogens is 414 g/mol. The standard InChI is InChI=1S/C31H29NSi/c1-5-15-27(16-6-1)31(32-24-13-14-25-32)23-26-33(28-17-7-2-8-18-28,29-19-9-3-10-20-29)30-21-11-4-12-22-30/h1-12,15-22,31H,13-14,24-25H2. The van der Waals surface area contributed by atoms with Crippen LogP contribution >= 0.6 is 0 Å². The highest BCUT2D eigenvalue weighted by atomic mass is 28.3. The average Bonchev–Trinajstić information content (AvgIpc) is 3.44. The van der Waals surface area contributed by atoms with Crippen molar-refractivity contribution >= 4 is 23.6 Å². The Morgan fingerprint density at radius 3 is 1.36 bits per heavy atom. The van der Waals surface area contributed by atoms with Crippen LogP contribution in [-0.2, 0) is 0 Å². The third-order valence-corrected chi connectivity index (χ3v) is 10.8. The predicted molar refractivity (Wildman–Crippen MR) is 142 cm³/mol. The first-order chi connectivity index (χ1) is 16.4. The van der Waals surface area contributed by atoms with Crippen LogP contribution in [0.5, 0.6) is 0 Å². The molecule has 1 nitrogen and oxygen atoms in total. The van der Waals surface area contributed by atoms with Gasteiger partial charge in [0.1, 0.15) is 0 Å². The second kappa shape index (κ2) is 10.0. The molecule has 0 aliphatic carbocycles. The highest BCUT2D eigenvalue weighted by Gasteiger charge is 2.38. The first-order valence-electron chi connectivity index (χ1n) is 11.9. The zero-order chi connectivity index (χ0) is 22.3. The van der Waals surface area contributed by atoms with Gasteiger partial charge in [0.15, 0.2) is 0 Å². The maximum absolute atomic E-state index is 4.00. The van der Waals surface area contributed by atoms with Crippen LogP contribution in [0.4, 0.5) is 0 Å². The van der Waals surface area contributed by atoms with E-state index in [9.17, 15) is 0 Å². The molecule has 1 fully saturated rings. The summed E-state index contributed by atoms with van der Waals surface area (Å²) in [5.74, 6) is 3.85.